The maximum atomic E-state index is 13.1. The van der Waals surface area contributed by atoms with Crippen molar-refractivity contribution in [3.8, 4) is 23.0 Å². The van der Waals surface area contributed by atoms with E-state index >= 15 is 0 Å². The van der Waals surface area contributed by atoms with E-state index in [-0.39, 0.29) is 26.2 Å². The number of rotatable bonds is 20. The van der Waals surface area contributed by atoms with Crippen molar-refractivity contribution in [2.24, 2.45) is 0 Å². The van der Waals surface area contributed by atoms with Gasteiger partial charge in [-0.2, -0.15) is 8.61 Å². The van der Waals surface area contributed by atoms with Gasteiger partial charge in [-0.05, 0) is 83.6 Å². The van der Waals surface area contributed by atoms with Crippen molar-refractivity contribution in [1.82, 2.24) is 8.61 Å². The number of methoxy groups -OCH3 is 4. The van der Waals surface area contributed by atoms with E-state index in [4.69, 9.17) is 18.9 Å². The Balaban J connectivity index is 0.000000290. The van der Waals surface area contributed by atoms with Gasteiger partial charge in [-0.1, -0.05) is 62.4 Å². The largest absolute Gasteiger partial charge is 0.497 e. The second-order valence-electron chi connectivity index (χ2n) is 12.4. The van der Waals surface area contributed by atoms with Crippen molar-refractivity contribution in [3.63, 3.8) is 0 Å². The van der Waals surface area contributed by atoms with Crippen LogP contribution < -0.4 is 18.9 Å². The van der Waals surface area contributed by atoms with Gasteiger partial charge in [0.2, 0.25) is 20.0 Å². The Morgan fingerprint density at radius 3 is 0.796 bits per heavy atom. The highest BCUT2D eigenvalue weighted by atomic mass is 32.2. The predicted molar refractivity (Wildman–Crippen MR) is 211 cm³/mol. The first-order valence-electron chi connectivity index (χ1n) is 17.6. The molecule has 2 atom stereocenters. The summed E-state index contributed by atoms with van der Waals surface area (Å²) in [6.45, 7) is 3.59. The molecule has 4 aromatic rings. The van der Waals surface area contributed by atoms with E-state index in [0.717, 1.165) is 22.3 Å². The number of ether oxygens (including phenoxy) is 4. The van der Waals surface area contributed by atoms with Gasteiger partial charge in [-0.15, -0.1) is 0 Å². The minimum Gasteiger partial charge on any atom is -0.497 e. The van der Waals surface area contributed by atoms with Crippen LogP contribution in [0.2, 0.25) is 0 Å². The van der Waals surface area contributed by atoms with Crippen LogP contribution in [0.4, 0.5) is 0 Å². The van der Waals surface area contributed by atoms with Gasteiger partial charge in [-0.3, -0.25) is 0 Å². The summed E-state index contributed by atoms with van der Waals surface area (Å²) in [6.07, 6.45) is 0.696. The predicted octanol–water partition coefficient (Wildman–Crippen LogP) is 5.61. The van der Waals surface area contributed by atoms with E-state index in [1.807, 2.05) is 48.5 Å². The summed E-state index contributed by atoms with van der Waals surface area (Å²) in [7, 11) is -0.997. The molecule has 0 spiro atoms. The van der Waals surface area contributed by atoms with Crippen molar-refractivity contribution < 1.29 is 46.0 Å². The molecule has 4 aromatic carbocycles. The Morgan fingerprint density at radius 2 is 0.648 bits per heavy atom. The Kier molecular flexibility index (Phi) is 17.7. The van der Waals surface area contributed by atoms with E-state index in [1.165, 1.54) is 8.61 Å². The highest BCUT2D eigenvalue weighted by Gasteiger charge is 2.32. The van der Waals surface area contributed by atoms with Crippen molar-refractivity contribution in [2.45, 2.75) is 63.4 Å². The lowest BCUT2D eigenvalue weighted by atomic mass is 10.2. The summed E-state index contributed by atoms with van der Waals surface area (Å²) < 4.78 is 75.7. The molecule has 0 aliphatic rings. The lowest BCUT2D eigenvalue weighted by molar-refractivity contribution is 0.278. The molecular weight excluding hydrogens is 733 g/mol. The third kappa shape index (κ3) is 12.4. The molecule has 0 bridgehead atoms. The summed E-state index contributed by atoms with van der Waals surface area (Å²) in [5, 5.41) is 17.4. The molecule has 12 nitrogen and oxygen atoms in total. The summed E-state index contributed by atoms with van der Waals surface area (Å²) in [5.41, 5.74) is 3.39. The molecule has 0 aliphatic heterocycles. The van der Waals surface area contributed by atoms with Crippen LogP contribution in [0.15, 0.2) is 97.1 Å². The number of nitrogens with zero attached hydrogens (tertiary/aromatic N) is 2. The molecule has 0 radical (unpaired) electrons. The van der Waals surface area contributed by atoms with Gasteiger partial charge in [-0.25, -0.2) is 16.8 Å². The normalized spacial score (nSPS) is 12.8. The number of benzene rings is 4. The third-order valence-electron chi connectivity index (χ3n) is 8.95. The first-order chi connectivity index (χ1) is 25.9. The summed E-state index contributed by atoms with van der Waals surface area (Å²) in [6, 6.07) is 29.2. The van der Waals surface area contributed by atoms with Crippen LogP contribution in [-0.2, 0) is 46.2 Å². The molecule has 14 heteroatoms. The molecule has 0 saturated heterocycles. The molecule has 0 saturated carbocycles. The molecule has 54 heavy (non-hydrogen) atoms. The number of hydrogen-bond donors (Lipinski definition) is 2. The van der Waals surface area contributed by atoms with E-state index < -0.39 is 43.8 Å². The van der Waals surface area contributed by atoms with E-state index in [9.17, 15) is 27.0 Å². The first kappa shape index (κ1) is 44.2. The molecule has 4 rings (SSSR count). The van der Waals surface area contributed by atoms with Crippen LogP contribution in [0, 0.1) is 0 Å². The molecule has 0 aliphatic carbocycles. The highest BCUT2D eigenvalue weighted by molar-refractivity contribution is 7.90. The molecule has 0 fully saturated rings. The number of aliphatic hydroxyl groups is 2. The second kappa shape index (κ2) is 21.6. The lowest BCUT2D eigenvalue weighted by Crippen LogP contribution is -2.39. The quantitative estimate of drug-likeness (QED) is 0.116. The standard InChI is InChI=1S/2C20H27NO5S/c2*1-4-20(15-22)27(23,24)21(13-16-5-9-18(25-2)10-6-16)14-17-7-11-19(26-3)12-8-17/h2*5-12,20,22H,4,13-15H2,1-3H3/t2*20-/m10/s1. The van der Waals surface area contributed by atoms with Gasteiger partial charge in [0.25, 0.3) is 0 Å². The monoisotopic (exact) mass is 786 g/mol. The molecule has 0 heterocycles. The Morgan fingerprint density at radius 1 is 0.444 bits per heavy atom. The van der Waals surface area contributed by atoms with Gasteiger partial charge >= 0.3 is 0 Å². The number of sulfonamides is 2. The summed E-state index contributed by atoms with van der Waals surface area (Å²) >= 11 is 0. The Bertz CT molecular complexity index is 1640. The van der Waals surface area contributed by atoms with E-state index in [2.05, 4.69) is 0 Å². The summed E-state index contributed by atoms with van der Waals surface area (Å²) in [4.78, 5) is 0. The fourth-order valence-corrected chi connectivity index (χ4v) is 8.88. The zero-order valence-electron chi connectivity index (χ0n) is 31.9. The van der Waals surface area contributed by atoms with Crippen LogP contribution >= 0.6 is 0 Å². The molecule has 0 unspecified atom stereocenters. The molecule has 296 valence electrons. The van der Waals surface area contributed by atoms with Gasteiger partial charge in [0.05, 0.1) is 52.2 Å². The van der Waals surface area contributed by atoms with Crippen LogP contribution in [0.1, 0.15) is 48.9 Å². The van der Waals surface area contributed by atoms with E-state index in [0.29, 0.717) is 35.8 Å². The van der Waals surface area contributed by atoms with Gasteiger partial charge in [0, 0.05) is 26.2 Å². The van der Waals surface area contributed by atoms with Crippen molar-refractivity contribution in [3.05, 3.63) is 119 Å². The van der Waals surface area contributed by atoms with E-state index in [1.54, 1.807) is 90.8 Å². The Labute approximate surface area is 321 Å². The molecule has 0 aromatic heterocycles. The average molecular weight is 787 g/mol. The molecule has 0 amide bonds. The van der Waals surface area contributed by atoms with Gasteiger partial charge < -0.3 is 29.2 Å². The number of hydrogen-bond acceptors (Lipinski definition) is 10. The zero-order chi connectivity index (χ0) is 39.7. The smallest absolute Gasteiger partial charge is 0.219 e. The minimum absolute atomic E-state index is 0.217. The number of aliphatic hydroxyl groups excluding tert-OH is 2. The zero-order valence-corrected chi connectivity index (χ0v) is 33.6. The maximum Gasteiger partial charge on any atom is 0.219 e. The van der Waals surface area contributed by atoms with Crippen LogP contribution in [0.5, 0.6) is 23.0 Å². The van der Waals surface area contributed by atoms with Crippen LogP contribution in [0.3, 0.4) is 0 Å². The highest BCUT2D eigenvalue weighted by Crippen LogP contribution is 2.24. The first-order valence-corrected chi connectivity index (χ1v) is 20.6. The molecule has 2 N–H and O–H groups in total. The SMILES string of the molecule is CC[C@@H](CO)S(=O)(=O)N(Cc1ccc(OC)cc1)Cc1ccc(OC)cc1.CC[C@H](CO)S(=O)(=O)N(Cc1ccc(OC)cc1)Cc1ccc(OC)cc1. The van der Waals surface area contributed by atoms with Crippen molar-refractivity contribution >= 4 is 20.0 Å². The fourth-order valence-electron chi connectivity index (χ4n) is 5.50. The lowest BCUT2D eigenvalue weighted by Gasteiger charge is -2.26. The van der Waals surface area contributed by atoms with Crippen LogP contribution in [0.25, 0.3) is 0 Å². The van der Waals surface area contributed by atoms with Crippen molar-refractivity contribution in [1.29, 1.82) is 0 Å². The van der Waals surface area contributed by atoms with Gasteiger partial charge in [0.1, 0.15) is 23.0 Å². The molecular formula is C40H54N2O10S2. The maximum absolute atomic E-state index is 13.1. The fraction of sp³-hybridized carbons (Fsp3) is 0.400. The topological polar surface area (TPSA) is 152 Å². The van der Waals surface area contributed by atoms with Crippen LogP contribution in [-0.4, -0.2) is 87.8 Å². The average Bonchev–Trinajstić information content (AvgIpc) is 3.19. The second-order valence-corrected chi connectivity index (χ2v) is 16.9. The third-order valence-corrected chi connectivity index (χ3v) is 13.6. The van der Waals surface area contributed by atoms with Gasteiger partial charge in [0.15, 0.2) is 0 Å². The summed E-state index contributed by atoms with van der Waals surface area (Å²) in [5.74, 6) is 2.85. The minimum atomic E-state index is -3.67. The Hall–Kier alpha value is -4.18. The van der Waals surface area contributed by atoms with Crippen molar-refractivity contribution in [2.75, 3.05) is 41.7 Å².